The summed E-state index contributed by atoms with van der Waals surface area (Å²) in [4.78, 5) is 11.9. The second-order valence-electron chi connectivity index (χ2n) is 3.24. The van der Waals surface area contributed by atoms with Crippen LogP contribution in [0.25, 0.3) is 0 Å². The van der Waals surface area contributed by atoms with E-state index < -0.39 is 0 Å². The Morgan fingerprint density at radius 1 is 1.22 bits per heavy atom. The molecule has 6 heteroatoms. The summed E-state index contributed by atoms with van der Waals surface area (Å²) in [7, 11) is 0. The van der Waals surface area contributed by atoms with Crippen molar-refractivity contribution in [3.8, 4) is 0 Å². The number of halogens is 3. The minimum Gasteiger partial charge on any atom is -0.460 e. The van der Waals surface area contributed by atoms with Crippen LogP contribution in [0.4, 0.5) is 0 Å². The second-order valence-corrected chi connectivity index (χ2v) is 6.81. The van der Waals surface area contributed by atoms with Gasteiger partial charge in [0.15, 0.2) is 0 Å². The fourth-order valence-corrected chi connectivity index (χ4v) is 5.19. The molecule has 1 aromatic rings. The van der Waals surface area contributed by atoms with Crippen LogP contribution >= 0.6 is 67.8 Å². The summed E-state index contributed by atoms with van der Waals surface area (Å²) in [6.45, 7) is 4.64. The standard InChI is InChI=1S/C12H11I3O3/c1-2-3-17-4-5-18-12(16)11-9(14)6-8(13)7-10(11)15/h2,6-7H,1,3-5H2. The van der Waals surface area contributed by atoms with Gasteiger partial charge in [0.05, 0.1) is 18.8 Å². The lowest BCUT2D eigenvalue weighted by Gasteiger charge is -2.09. The molecular weight excluding hydrogens is 573 g/mol. The number of hydrogen-bond donors (Lipinski definition) is 0. The van der Waals surface area contributed by atoms with Crippen molar-refractivity contribution in [2.75, 3.05) is 19.8 Å². The highest BCUT2D eigenvalue weighted by atomic mass is 127. The maximum atomic E-state index is 11.9. The van der Waals surface area contributed by atoms with Gasteiger partial charge in [-0.2, -0.15) is 0 Å². The molecule has 0 radical (unpaired) electrons. The number of esters is 1. The molecule has 0 aliphatic heterocycles. The largest absolute Gasteiger partial charge is 0.460 e. The number of ether oxygens (including phenoxy) is 2. The van der Waals surface area contributed by atoms with Crippen LogP contribution in [-0.2, 0) is 9.47 Å². The Morgan fingerprint density at radius 3 is 2.39 bits per heavy atom. The van der Waals surface area contributed by atoms with Gasteiger partial charge in [0, 0.05) is 10.7 Å². The molecule has 1 aromatic carbocycles. The van der Waals surface area contributed by atoms with Gasteiger partial charge in [-0.15, -0.1) is 6.58 Å². The molecule has 0 bridgehead atoms. The maximum Gasteiger partial charge on any atom is 0.340 e. The molecule has 98 valence electrons. The average Bonchev–Trinajstić information content (AvgIpc) is 2.27. The monoisotopic (exact) mass is 584 g/mol. The normalized spacial score (nSPS) is 10.2. The molecule has 1 rings (SSSR count). The second kappa shape index (κ2) is 8.69. The number of carbonyl (C=O) groups excluding carboxylic acids is 1. The Labute approximate surface area is 147 Å². The van der Waals surface area contributed by atoms with Crippen molar-refractivity contribution in [2.24, 2.45) is 0 Å². The molecule has 0 N–H and O–H groups in total. The lowest BCUT2D eigenvalue weighted by molar-refractivity contribution is 0.0351. The van der Waals surface area contributed by atoms with Crippen LogP contribution in [0.2, 0.25) is 0 Å². The minimum absolute atomic E-state index is 0.255. The topological polar surface area (TPSA) is 35.5 Å². The van der Waals surface area contributed by atoms with Crippen molar-refractivity contribution in [3.63, 3.8) is 0 Å². The van der Waals surface area contributed by atoms with Crippen LogP contribution in [0.3, 0.4) is 0 Å². The van der Waals surface area contributed by atoms with Crippen LogP contribution in [-0.4, -0.2) is 25.8 Å². The number of rotatable bonds is 6. The Balaban J connectivity index is 2.59. The first-order chi connectivity index (χ1) is 8.56. The van der Waals surface area contributed by atoms with Crippen molar-refractivity contribution < 1.29 is 14.3 Å². The van der Waals surface area contributed by atoms with Crippen molar-refractivity contribution >= 4 is 73.7 Å². The zero-order valence-electron chi connectivity index (χ0n) is 9.42. The first kappa shape index (κ1) is 16.6. The van der Waals surface area contributed by atoms with E-state index in [2.05, 4.69) is 74.4 Å². The van der Waals surface area contributed by atoms with Gasteiger partial charge in [0.25, 0.3) is 0 Å². The Bertz CT molecular complexity index is 423. The summed E-state index contributed by atoms with van der Waals surface area (Å²) in [5.41, 5.74) is 0.625. The van der Waals surface area contributed by atoms with Gasteiger partial charge < -0.3 is 9.47 Å². The van der Waals surface area contributed by atoms with E-state index in [-0.39, 0.29) is 12.6 Å². The van der Waals surface area contributed by atoms with Crippen molar-refractivity contribution in [2.45, 2.75) is 0 Å². The number of carbonyl (C=O) groups is 1. The molecule has 0 aromatic heterocycles. The summed E-state index contributed by atoms with van der Waals surface area (Å²) in [6, 6.07) is 3.90. The predicted octanol–water partition coefficient (Wildman–Crippen LogP) is 3.86. The van der Waals surface area contributed by atoms with E-state index in [0.29, 0.717) is 18.8 Å². The predicted molar refractivity (Wildman–Crippen MR) is 95.9 cm³/mol. The van der Waals surface area contributed by atoms with Gasteiger partial charge in [0.1, 0.15) is 6.61 Å². The van der Waals surface area contributed by atoms with Crippen molar-refractivity contribution in [1.82, 2.24) is 0 Å². The molecule has 0 aliphatic carbocycles. The van der Waals surface area contributed by atoms with Gasteiger partial charge in [-0.05, 0) is 79.9 Å². The van der Waals surface area contributed by atoms with E-state index >= 15 is 0 Å². The van der Waals surface area contributed by atoms with E-state index in [1.54, 1.807) is 6.08 Å². The Morgan fingerprint density at radius 2 is 1.83 bits per heavy atom. The Hall–Kier alpha value is 0.580. The fraction of sp³-hybridized carbons (Fsp3) is 0.250. The SMILES string of the molecule is C=CCOCCOC(=O)c1c(I)cc(I)cc1I. The van der Waals surface area contributed by atoms with E-state index in [1.807, 2.05) is 12.1 Å². The van der Waals surface area contributed by atoms with Crippen LogP contribution in [0.1, 0.15) is 10.4 Å². The van der Waals surface area contributed by atoms with Crippen LogP contribution in [0.15, 0.2) is 24.8 Å². The third-order valence-electron chi connectivity index (χ3n) is 1.91. The van der Waals surface area contributed by atoms with E-state index in [9.17, 15) is 4.79 Å². The molecule has 0 fully saturated rings. The molecule has 18 heavy (non-hydrogen) atoms. The number of benzene rings is 1. The lowest BCUT2D eigenvalue weighted by Crippen LogP contribution is -2.13. The fourth-order valence-electron chi connectivity index (χ4n) is 1.17. The Kier molecular flexibility index (Phi) is 8.03. The third-order valence-corrected chi connectivity index (χ3v) is 4.23. The van der Waals surface area contributed by atoms with Crippen LogP contribution in [0.5, 0.6) is 0 Å². The molecule has 0 saturated carbocycles. The molecule has 0 unspecified atom stereocenters. The van der Waals surface area contributed by atoms with E-state index in [1.165, 1.54) is 0 Å². The highest BCUT2D eigenvalue weighted by Gasteiger charge is 2.16. The molecule has 0 heterocycles. The maximum absolute atomic E-state index is 11.9. The van der Waals surface area contributed by atoms with E-state index in [0.717, 1.165) is 10.7 Å². The molecule has 0 atom stereocenters. The zero-order chi connectivity index (χ0) is 13.5. The van der Waals surface area contributed by atoms with Gasteiger partial charge in [0.2, 0.25) is 0 Å². The summed E-state index contributed by atoms with van der Waals surface area (Å²) >= 11 is 6.52. The highest BCUT2D eigenvalue weighted by Crippen LogP contribution is 2.23. The summed E-state index contributed by atoms with van der Waals surface area (Å²) in [6.07, 6.45) is 1.66. The first-order valence-corrected chi connectivity index (χ1v) is 8.30. The molecule has 0 spiro atoms. The summed E-state index contributed by atoms with van der Waals surface area (Å²) in [5, 5.41) is 0. The van der Waals surface area contributed by atoms with Gasteiger partial charge in [-0.3, -0.25) is 0 Å². The average molecular weight is 584 g/mol. The molecule has 0 saturated heterocycles. The van der Waals surface area contributed by atoms with E-state index in [4.69, 9.17) is 9.47 Å². The van der Waals surface area contributed by atoms with Gasteiger partial charge >= 0.3 is 5.97 Å². The quantitative estimate of drug-likeness (QED) is 0.221. The van der Waals surface area contributed by atoms with Crippen molar-refractivity contribution in [3.05, 3.63) is 41.1 Å². The van der Waals surface area contributed by atoms with Crippen LogP contribution < -0.4 is 0 Å². The zero-order valence-corrected chi connectivity index (χ0v) is 15.9. The van der Waals surface area contributed by atoms with Gasteiger partial charge in [-0.1, -0.05) is 6.08 Å². The lowest BCUT2D eigenvalue weighted by atomic mass is 10.2. The summed E-state index contributed by atoms with van der Waals surface area (Å²) in [5.74, 6) is -0.303. The molecule has 3 nitrogen and oxygen atoms in total. The van der Waals surface area contributed by atoms with Crippen molar-refractivity contribution in [1.29, 1.82) is 0 Å². The molecular formula is C12H11I3O3. The smallest absolute Gasteiger partial charge is 0.340 e. The first-order valence-electron chi connectivity index (χ1n) is 5.06. The third kappa shape index (κ3) is 5.29. The molecule has 0 aliphatic rings. The minimum atomic E-state index is -0.303. The van der Waals surface area contributed by atoms with Gasteiger partial charge in [-0.25, -0.2) is 4.79 Å². The van der Waals surface area contributed by atoms with Crippen LogP contribution in [0, 0.1) is 10.7 Å². The highest BCUT2D eigenvalue weighted by molar-refractivity contribution is 14.1. The number of hydrogen-bond acceptors (Lipinski definition) is 3. The molecule has 0 amide bonds. The summed E-state index contributed by atoms with van der Waals surface area (Å²) < 4.78 is 13.2.